The maximum absolute atomic E-state index is 13.0. The van der Waals surface area contributed by atoms with Gasteiger partial charge in [0.1, 0.15) is 4.34 Å². The van der Waals surface area contributed by atoms with E-state index < -0.39 is 11.7 Å². The highest BCUT2D eigenvalue weighted by atomic mass is 79.9. The van der Waals surface area contributed by atoms with Gasteiger partial charge in [0, 0.05) is 13.8 Å². The first-order valence-corrected chi connectivity index (χ1v) is 8.50. The topological polar surface area (TPSA) is 12.0 Å². The monoisotopic (exact) mass is 461 g/mol. The van der Waals surface area contributed by atoms with Gasteiger partial charge in [-0.3, -0.25) is 0 Å². The molecule has 0 saturated heterocycles. The highest BCUT2D eigenvalue weighted by Crippen LogP contribution is 2.40. The average molecular weight is 464 g/mol. The summed E-state index contributed by atoms with van der Waals surface area (Å²) in [6.45, 7) is 0. The van der Waals surface area contributed by atoms with Crippen molar-refractivity contribution in [1.29, 1.82) is 0 Å². The molecule has 2 rings (SSSR count). The SMILES string of the molecule is CNC(c1ccc(Br)c(C(F)(F)F)c1)c1cc(Br)c(Cl)s1. The van der Waals surface area contributed by atoms with E-state index in [2.05, 4.69) is 37.2 Å². The molecule has 2 aromatic rings. The maximum Gasteiger partial charge on any atom is 0.417 e. The second-order valence-corrected chi connectivity index (χ2v) is 7.62. The third-order valence-electron chi connectivity index (χ3n) is 2.87. The first kappa shape index (κ1) is 17.3. The lowest BCUT2D eigenvalue weighted by Crippen LogP contribution is -2.17. The molecule has 0 fully saturated rings. The molecule has 0 radical (unpaired) electrons. The highest BCUT2D eigenvalue weighted by molar-refractivity contribution is 9.10. The first-order valence-electron chi connectivity index (χ1n) is 5.72. The molecule has 0 spiro atoms. The fraction of sp³-hybridized carbons (Fsp3) is 0.231. The van der Waals surface area contributed by atoms with E-state index in [0.29, 0.717) is 9.90 Å². The van der Waals surface area contributed by atoms with Crippen LogP contribution in [0, 0.1) is 0 Å². The summed E-state index contributed by atoms with van der Waals surface area (Å²) in [4.78, 5) is 0.838. The lowest BCUT2D eigenvalue weighted by Gasteiger charge is -2.18. The van der Waals surface area contributed by atoms with Crippen LogP contribution in [-0.4, -0.2) is 7.05 Å². The third-order valence-corrected chi connectivity index (χ3v) is 6.10. The van der Waals surface area contributed by atoms with Crippen molar-refractivity contribution in [3.8, 4) is 0 Å². The number of hydrogen-bond donors (Lipinski definition) is 1. The molecule has 1 aromatic heterocycles. The van der Waals surface area contributed by atoms with Crippen molar-refractivity contribution in [1.82, 2.24) is 5.32 Å². The zero-order valence-electron chi connectivity index (χ0n) is 10.6. The van der Waals surface area contributed by atoms with Crippen LogP contribution in [0.5, 0.6) is 0 Å². The third kappa shape index (κ3) is 3.82. The summed E-state index contributed by atoms with van der Waals surface area (Å²) < 4.78 is 40.3. The predicted molar refractivity (Wildman–Crippen MR) is 87.1 cm³/mol. The van der Waals surface area contributed by atoms with Gasteiger partial charge in [0.2, 0.25) is 0 Å². The Hall–Kier alpha value is -0.0800. The zero-order valence-corrected chi connectivity index (χ0v) is 15.3. The van der Waals surface area contributed by atoms with Gasteiger partial charge in [0.05, 0.1) is 11.6 Å². The predicted octanol–water partition coefficient (Wildman–Crippen LogP) is 6.25. The summed E-state index contributed by atoms with van der Waals surface area (Å²) in [5, 5.41) is 3.02. The van der Waals surface area contributed by atoms with Crippen molar-refractivity contribution in [3.05, 3.63) is 53.6 Å². The summed E-state index contributed by atoms with van der Waals surface area (Å²) in [5.41, 5.74) is -0.166. The molecule has 1 nitrogen and oxygen atoms in total. The Morgan fingerprint density at radius 3 is 2.33 bits per heavy atom. The molecule has 1 aromatic carbocycles. The molecule has 114 valence electrons. The van der Waals surface area contributed by atoms with Crippen LogP contribution in [0.25, 0.3) is 0 Å². The molecule has 1 N–H and O–H groups in total. The fourth-order valence-corrected chi connectivity index (χ4v) is 4.26. The first-order chi connectivity index (χ1) is 9.74. The van der Waals surface area contributed by atoms with Crippen LogP contribution in [0.3, 0.4) is 0 Å². The van der Waals surface area contributed by atoms with Gasteiger partial charge in [-0.1, -0.05) is 33.6 Å². The van der Waals surface area contributed by atoms with Gasteiger partial charge in [-0.15, -0.1) is 11.3 Å². The van der Waals surface area contributed by atoms with Crippen LogP contribution in [0.1, 0.15) is 22.0 Å². The van der Waals surface area contributed by atoms with Gasteiger partial charge in [-0.2, -0.15) is 13.2 Å². The lowest BCUT2D eigenvalue weighted by molar-refractivity contribution is -0.138. The number of alkyl halides is 3. The molecule has 1 atom stereocenters. The maximum atomic E-state index is 13.0. The number of thiophene rings is 1. The largest absolute Gasteiger partial charge is 0.417 e. The van der Waals surface area contributed by atoms with E-state index in [0.717, 1.165) is 15.4 Å². The fourth-order valence-electron chi connectivity index (χ4n) is 1.92. The molecule has 8 heteroatoms. The van der Waals surface area contributed by atoms with Crippen molar-refractivity contribution < 1.29 is 13.2 Å². The molecule has 0 aliphatic rings. The molecule has 1 unspecified atom stereocenters. The standard InChI is InChI=1S/C13H9Br2ClF3NS/c1-20-11(10-5-9(15)12(16)21-10)6-2-3-8(14)7(4-6)13(17,18)19/h2-5,11,20H,1H3. The molecular formula is C13H9Br2ClF3NS. The summed E-state index contributed by atoms with van der Waals surface area (Å²) in [6, 6.07) is 5.67. The minimum Gasteiger partial charge on any atom is -0.309 e. The lowest BCUT2D eigenvalue weighted by atomic mass is 10.0. The number of rotatable bonds is 3. The van der Waals surface area contributed by atoms with Crippen LogP contribution < -0.4 is 5.32 Å². The van der Waals surface area contributed by atoms with Crippen molar-refractivity contribution in [2.75, 3.05) is 7.05 Å². The molecule has 1 heterocycles. The minimum absolute atomic E-state index is 0.0268. The Morgan fingerprint density at radius 2 is 1.86 bits per heavy atom. The Bertz CT molecular complexity index is 638. The normalized spacial score (nSPS) is 13.5. The number of nitrogens with one attached hydrogen (secondary N) is 1. The molecular weight excluding hydrogens is 454 g/mol. The molecule has 0 bridgehead atoms. The number of halogens is 6. The van der Waals surface area contributed by atoms with E-state index in [1.54, 1.807) is 13.1 Å². The minimum atomic E-state index is -4.40. The summed E-state index contributed by atoms with van der Waals surface area (Å²) in [7, 11) is 1.70. The molecule has 0 amide bonds. The Morgan fingerprint density at radius 1 is 1.19 bits per heavy atom. The zero-order chi connectivity index (χ0) is 15.8. The van der Waals surface area contributed by atoms with Crippen LogP contribution in [0.2, 0.25) is 4.34 Å². The van der Waals surface area contributed by atoms with Gasteiger partial charge in [0.15, 0.2) is 0 Å². The Labute approximate surface area is 145 Å². The summed E-state index contributed by atoms with van der Waals surface area (Å²) >= 11 is 13.6. The van der Waals surface area contributed by atoms with Gasteiger partial charge in [-0.25, -0.2) is 0 Å². The van der Waals surface area contributed by atoms with E-state index in [1.807, 2.05) is 6.07 Å². The summed E-state index contributed by atoms with van der Waals surface area (Å²) in [6.07, 6.45) is -4.40. The van der Waals surface area contributed by atoms with E-state index in [4.69, 9.17) is 11.6 Å². The number of benzene rings is 1. The summed E-state index contributed by atoms with van der Waals surface area (Å²) in [5.74, 6) is 0. The van der Waals surface area contributed by atoms with E-state index >= 15 is 0 Å². The molecule has 0 aliphatic carbocycles. The van der Waals surface area contributed by atoms with Crippen LogP contribution in [0.4, 0.5) is 13.2 Å². The Kier molecular flexibility index (Phi) is 5.41. The van der Waals surface area contributed by atoms with Crippen LogP contribution in [0.15, 0.2) is 33.2 Å². The van der Waals surface area contributed by atoms with Crippen molar-refractivity contribution in [2.24, 2.45) is 0 Å². The van der Waals surface area contributed by atoms with Crippen molar-refractivity contribution in [2.45, 2.75) is 12.2 Å². The quantitative estimate of drug-likeness (QED) is 0.567. The van der Waals surface area contributed by atoms with E-state index in [-0.39, 0.29) is 10.5 Å². The van der Waals surface area contributed by atoms with E-state index in [1.165, 1.54) is 17.4 Å². The highest BCUT2D eigenvalue weighted by Gasteiger charge is 2.33. The van der Waals surface area contributed by atoms with Crippen LogP contribution >= 0.6 is 54.8 Å². The molecule has 21 heavy (non-hydrogen) atoms. The Balaban J connectivity index is 2.48. The van der Waals surface area contributed by atoms with E-state index in [9.17, 15) is 13.2 Å². The van der Waals surface area contributed by atoms with Gasteiger partial charge < -0.3 is 5.32 Å². The number of hydrogen-bond acceptors (Lipinski definition) is 2. The van der Waals surface area contributed by atoms with Gasteiger partial charge in [0.25, 0.3) is 0 Å². The molecule has 0 aliphatic heterocycles. The van der Waals surface area contributed by atoms with Gasteiger partial charge >= 0.3 is 6.18 Å². The molecule has 0 saturated carbocycles. The second-order valence-electron chi connectivity index (χ2n) is 4.23. The second kappa shape index (κ2) is 6.58. The van der Waals surface area contributed by atoms with Crippen molar-refractivity contribution >= 4 is 54.8 Å². The smallest absolute Gasteiger partial charge is 0.309 e. The van der Waals surface area contributed by atoms with Gasteiger partial charge in [-0.05, 0) is 46.7 Å². The average Bonchev–Trinajstić information content (AvgIpc) is 2.71. The van der Waals surface area contributed by atoms with Crippen molar-refractivity contribution in [3.63, 3.8) is 0 Å². The van der Waals surface area contributed by atoms with Crippen LogP contribution in [-0.2, 0) is 6.18 Å².